The maximum Gasteiger partial charge on any atom is 0.140 e. The fourth-order valence-electron chi connectivity index (χ4n) is 2.96. The molecule has 0 spiro atoms. The molecule has 0 radical (unpaired) electrons. The average molecular weight is 290 g/mol. The van der Waals surface area contributed by atoms with Crippen LogP contribution < -0.4 is 0 Å². The highest BCUT2D eigenvalue weighted by molar-refractivity contribution is 5.93. The molecular formula is C18H18N4. The van der Waals surface area contributed by atoms with Gasteiger partial charge in [0, 0.05) is 19.7 Å². The molecule has 0 saturated carbocycles. The van der Waals surface area contributed by atoms with Gasteiger partial charge in [0.05, 0.1) is 22.1 Å². The lowest BCUT2D eigenvalue weighted by molar-refractivity contribution is 0.886. The summed E-state index contributed by atoms with van der Waals surface area (Å²) in [6, 6.07) is 12.7. The number of nitrogens with zero attached hydrogens (tertiary/aromatic N) is 4. The lowest BCUT2D eigenvalue weighted by Crippen LogP contribution is -1.92. The first kappa shape index (κ1) is 13.1. The molecule has 0 N–H and O–H groups in total. The Morgan fingerprint density at radius 2 is 1.36 bits per heavy atom. The minimum absolute atomic E-state index is 0.988. The van der Waals surface area contributed by atoms with Crippen molar-refractivity contribution in [2.24, 2.45) is 14.1 Å². The van der Waals surface area contributed by atoms with E-state index in [4.69, 9.17) is 4.98 Å². The third-order valence-electron chi connectivity index (χ3n) is 4.42. The van der Waals surface area contributed by atoms with E-state index in [1.54, 1.807) is 0 Å². The normalized spacial score (nSPS) is 11.6. The van der Waals surface area contributed by atoms with E-state index in [2.05, 4.69) is 64.5 Å². The van der Waals surface area contributed by atoms with Crippen molar-refractivity contribution in [3.05, 3.63) is 47.8 Å². The molecule has 0 aliphatic rings. The Labute approximate surface area is 129 Å². The smallest absolute Gasteiger partial charge is 0.140 e. The summed E-state index contributed by atoms with van der Waals surface area (Å²) in [6.45, 7) is 4.12. The molecule has 4 nitrogen and oxygen atoms in total. The van der Waals surface area contributed by atoms with Gasteiger partial charge >= 0.3 is 0 Å². The van der Waals surface area contributed by atoms with Crippen molar-refractivity contribution < 1.29 is 0 Å². The summed E-state index contributed by atoms with van der Waals surface area (Å²) in [4.78, 5) is 9.45. The van der Waals surface area contributed by atoms with Gasteiger partial charge in [-0.15, -0.1) is 0 Å². The lowest BCUT2D eigenvalue weighted by atomic mass is 10.1. The van der Waals surface area contributed by atoms with E-state index in [1.807, 2.05) is 14.0 Å². The van der Waals surface area contributed by atoms with Gasteiger partial charge in [-0.25, -0.2) is 9.97 Å². The lowest BCUT2D eigenvalue weighted by Gasteiger charge is -2.02. The highest BCUT2D eigenvalue weighted by Gasteiger charge is 2.13. The number of imidazole rings is 2. The number of fused-ring (bicyclic) bond motifs is 2. The maximum absolute atomic E-state index is 4.83. The Morgan fingerprint density at radius 1 is 0.773 bits per heavy atom. The van der Waals surface area contributed by atoms with Crippen LogP contribution in [-0.2, 0) is 14.1 Å². The summed E-state index contributed by atoms with van der Waals surface area (Å²) in [5, 5.41) is 0. The van der Waals surface area contributed by atoms with Gasteiger partial charge in [-0.2, -0.15) is 0 Å². The number of rotatable bonds is 1. The molecule has 0 aliphatic heterocycles. The van der Waals surface area contributed by atoms with Gasteiger partial charge in [0.15, 0.2) is 0 Å². The van der Waals surface area contributed by atoms with Crippen LogP contribution in [0.2, 0.25) is 0 Å². The Bertz CT molecular complexity index is 1000. The third-order valence-corrected chi connectivity index (χ3v) is 4.42. The summed E-state index contributed by atoms with van der Waals surface area (Å²) in [7, 11) is 4.10. The zero-order valence-corrected chi connectivity index (χ0v) is 13.3. The molecule has 0 saturated heterocycles. The number of benzene rings is 2. The van der Waals surface area contributed by atoms with E-state index in [0.29, 0.717) is 0 Å². The van der Waals surface area contributed by atoms with Crippen molar-refractivity contribution in [3.63, 3.8) is 0 Å². The summed E-state index contributed by atoms with van der Waals surface area (Å²) in [5.74, 6) is 2.01. The van der Waals surface area contributed by atoms with Crippen molar-refractivity contribution >= 4 is 22.1 Å². The molecule has 0 fully saturated rings. The molecule has 4 rings (SSSR count). The molecule has 0 atom stereocenters. The minimum atomic E-state index is 0.988. The SMILES string of the molecule is Cc1ccc(-c2nc3cc4c(cc3n2C)nc(C)n4C)cc1. The van der Waals surface area contributed by atoms with Gasteiger partial charge in [-0.3, -0.25) is 0 Å². The van der Waals surface area contributed by atoms with Crippen molar-refractivity contribution in [1.82, 2.24) is 19.1 Å². The van der Waals surface area contributed by atoms with Crippen LogP contribution >= 0.6 is 0 Å². The van der Waals surface area contributed by atoms with Gasteiger partial charge in [-0.1, -0.05) is 29.8 Å². The van der Waals surface area contributed by atoms with Crippen molar-refractivity contribution in [1.29, 1.82) is 0 Å². The van der Waals surface area contributed by atoms with E-state index >= 15 is 0 Å². The number of hydrogen-bond donors (Lipinski definition) is 0. The first-order valence-corrected chi connectivity index (χ1v) is 7.41. The second-order valence-electron chi connectivity index (χ2n) is 5.91. The summed E-state index contributed by atoms with van der Waals surface area (Å²) in [6.07, 6.45) is 0. The number of aryl methyl sites for hydroxylation is 4. The summed E-state index contributed by atoms with van der Waals surface area (Å²) in [5.41, 5.74) is 6.66. The molecule has 2 aromatic heterocycles. The minimum Gasteiger partial charge on any atom is -0.331 e. The van der Waals surface area contributed by atoms with E-state index in [-0.39, 0.29) is 0 Å². The largest absolute Gasteiger partial charge is 0.331 e. The van der Waals surface area contributed by atoms with Crippen molar-refractivity contribution in [3.8, 4) is 11.4 Å². The van der Waals surface area contributed by atoms with Crippen molar-refractivity contribution in [2.75, 3.05) is 0 Å². The fourth-order valence-corrected chi connectivity index (χ4v) is 2.96. The molecular weight excluding hydrogens is 272 g/mol. The molecule has 2 heterocycles. The van der Waals surface area contributed by atoms with Gasteiger partial charge in [0.1, 0.15) is 11.6 Å². The van der Waals surface area contributed by atoms with Gasteiger partial charge < -0.3 is 9.13 Å². The third kappa shape index (κ3) is 1.77. The summed E-state index contributed by atoms with van der Waals surface area (Å²) >= 11 is 0. The van der Waals surface area contributed by atoms with E-state index in [0.717, 1.165) is 39.3 Å². The molecule has 0 aliphatic carbocycles. The predicted octanol–water partition coefficient (Wildman–Crippen LogP) is 3.74. The van der Waals surface area contributed by atoms with Crippen LogP contribution in [0, 0.1) is 13.8 Å². The molecule has 4 heteroatoms. The van der Waals surface area contributed by atoms with Gasteiger partial charge in [0.25, 0.3) is 0 Å². The first-order chi connectivity index (χ1) is 10.5. The Morgan fingerprint density at radius 3 is 2.05 bits per heavy atom. The van der Waals surface area contributed by atoms with Gasteiger partial charge in [0.2, 0.25) is 0 Å². The van der Waals surface area contributed by atoms with Crippen LogP contribution in [0.3, 0.4) is 0 Å². The van der Waals surface area contributed by atoms with Crippen LogP contribution in [0.15, 0.2) is 36.4 Å². The summed E-state index contributed by atoms with van der Waals surface area (Å²) < 4.78 is 4.25. The van der Waals surface area contributed by atoms with Crippen LogP contribution in [0.5, 0.6) is 0 Å². The van der Waals surface area contributed by atoms with E-state index in [9.17, 15) is 0 Å². The topological polar surface area (TPSA) is 35.6 Å². The molecule has 110 valence electrons. The highest BCUT2D eigenvalue weighted by atomic mass is 15.1. The Hall–Kier alpha value is -2.62. The monoisotopic (exact) mass is 290 g/mol. The highest BCUT2D eigenvalue weighted by Crippen LogP contribution is 2.27. The molecule has 0 amide bonds. The fraction of sp³-hybridized carbons (Fsp3) is 0.222. The first-order valence-electron chi connectivity index (χ1n) is 7.41. The molecule has 2 aromatic carbocycles. The van der Waals surface area contributed by atoms with E-state index < -0.39 is 0 Å². The molecule has 4 aromatic rings. The zero-order valence-electron chi connectivity index (χ0n) is 13.3. The van der Waals surface area contributed by atoms with E-state index in [1.165, 1.54) is 5.56 Å². The maximum atomic E-state index is 4.83. The number of aromatic nitrogens is 4. The second kappa shape index (κ2) is 4.44. The molecule has 0 bridgehead atoms. The second-order valence-corrected chi connectivity index (χ2v) is 5.91. The van der Waals surface area contributed by atoms with Crippen LogP contribution in [-0.4, -0.2) is 19.1 Å². The van der Waals surface area contributed by atoms with Crippen molar-refractivity contribution in [2.45, 2.75) is 13.8 Å². The Kier molecular flexibility index (Phi) is 2.64. The average Bonchev–Trinajstić information content (AvgIpc) is 2.97. The standard InChI is InChI=1S/C18H18N4/c1-11-5-7-13(8-6-11)18-20-15-10-16-14(9-17(15)22(18)4)19-12(2)21(16)3/h5-10H,1-4H3. The zero-order chi connectivity index (χ0) is 15.4. The molecule has 22 heavy (non-hydrogen) atoms. The quantitative estimate of drug-likeness (QED) is 0.535. The van der Waals surface area contributed by atoms with Crippen LogP contribution in [0.25, 0.3) is 33.5 Å². The molecule has 0 unspecified atom stereocenters. The van der Waals surface area contributed by atoms with Crippen LogP contribution in [0.4, 0.5) is 0 Å². The predicted molar refractivity (Wildman–Crippen MR) is 89.9 cm³/mol. The van der Waals surface area contributed by atoms with Crippen LogP contribution in [0.1, 0.15) is 11.4 Å². The Balaban J connectivity index is 2.00. The van der Waals surface area contributed by atoms with Gasteiger partial charge in [-0.05, 0) is 26.0 Å². The number of hydrogen-bond acceptors (Lipinski definition) is 2.